The minimum absolute atomic E-state index is 0.311. The first-order valence-electron chi connectivity index (χ1n) is 3.76. The number of allylic oxidation sites excluding steroid dienone is 3. The van der Waals surface area contributed by atoms with E-state index in [0.717, 1.165) is 11.1 Å². The van der Waals surface area contributed by atoms with E-state index in [1.54, 1.807) is 6.08 Å². The number of rotatable bonds is 5. The second-order valence-electron chi connectivity index (χ2n) is 2.32. The van der Waals surface area contributed by atoms with Gasteiger partial charge in [-0.1, -0.05) is 24.8 Å². The van der Waals surface area contributed by atoms with Gasteiger partial charge < -0.3 is 4.74 Å². The van der Waals surface area contributed by atoms with Crippen molar-refractivity contribution in [2.75, 3.05) is 6.61 Å². The maximum Gasteiger partial charge on any atom is 0.293 e. The molecule has 0 aliphatic carbocycles. The molecule has 2 heteroatoms. The Morgan fingerprint density at radius 1 is 1.58 bits per heavy atom. The van der Waals surface area contributed by atoms with E-state index in [1.165, 1.54) is 0 Å². The molecule has 0 saturated heterocycles. The van der Waals surface area contributed by atoms with Gasteiger partial charge in [0.2, 0.25) is 0 Å². The normalized spacial score (nSPS) is 12.5. The summed E-state index contributed by atoms with van der Waals surface area (Å²) in [7, 11) is 0. The molecule has 0 aromatic heterocycles. The third kappa shape index (κ3) is 3.76. The molecular weight excluding hydrogens is 152 g/mol. The van der Waals surface area contributed by atoms with E-state index in [9.17, 15) is 4.79 Å². The maximum atomic E-state index is 9.93. The fourth-order valence-electron chi connectivity index (χ4n) is 0.749. The minimum Gasteiger partial charge on any atom is -0.463 e. The zero-order valence-corrected chi connectivity index (χ0v) is 7.54. The van der Waals surface area contributed by atoms with Crippen LogP contribution in [0.4, 0.5) is 0 Å². The van der Waals surface area contributed by atoms with Crippen LogP contribution in [0.25, 0.3) is 0 Å². The Morgan fingerprint density at radius 3 is 2.67 bits per heavy atom. The van der Waals surface area contributed by atoms with Crippen LogP contribution in [0.3, 0.4) is 0 Å². The van der Waals surface area contributed by atoms with E-state index < -0.39 is 0 Å². The molecule has 0 atom stereocenters. The Morgan fingerprint density at radius 2 is 2.25 bits per heavy atom. The Hall–Kier alpha value is -1.31. The molecule has 0 rings (SSSR count). The van der Waals surface area contributed by atoms with Crippen molar-refractivity contribution in [3.05, 3.63) is 36.0 Å². The second kappa shape index (κ2) is 6.40. The molecule has 2 nitrogen and oxygen atoms in total. The van der Waals surface area contributed by atoms with Gasteiger partial charge in [-0.15, -0.1) is 0 Å². The monoisotopic (exact) mass is 166 g/mol. The molecule has 12 heavy (non-hydrogen) atoms. The highest BCUT2D eigenvalue weighted by molar-refractivity contribution is 5.39. The van der Waals surface area contributed by atoms with Gasteiger partial charge in [-0.05, 0) is 25.0 Å². The first kappa shape index (κ1) is 10.7. The summed E-state index contributed by atoms with van der Waals surface area (Å²) >= 11 is 0. The maximum absolute atomic E-state index is 9.93. The van der Waals surface area contributed by atoms with E-state index in [1.807, 2.05) is 26.0 Å². The van der Waals surface area contributed by atoms with Crippen molar-refractivity contribution in [1.29, 1.82) is 0 Å². The molecule has 0 N–H and O–H groups in total. The smallest absolute Gasteiger partial charge is 0.293 e. The van der Waals surface area contributed by atoms with Crippen molar-refractivity contribution in [2.24, 2.45) is 0 Å². The van der Waals surface area contributed by atoms with Gasteiger partial charge in [0.05, 0.1) is 0 Å². The lowest BCUT2D eigenvalue weighted by Gasteiger charge is -2.02. The molecule has 0 saturated carbocycles. The van der Waals surface area contributed by atoms with Crippen molar-refractivity contribution in [1.82, 2.24) is 0 Å². The van der Waals surface area contributed by atoms with Crippen LogP contribution in [0.5, 0.6) is 0 Å². The molecule has 66 valence electrons. The first-order chi connectivity index (χ1) is 5.76. The molecule has 0 aromatic carbocycles. The molecule has 0 aromatic rings. The van der Waals surface area contributed by atoms with Crippen LogP contribution in [0, 0.1) is 0 Å². The molecule has 0 unspecified atom stereocenters. The molecular formula is C10H14O2. The number of hydrogen-bond donors (Lipinski definition) is 0. The average Bonchev–Trinajstić information content (AvgIpc) is 2.11. The van der Waals surface area contributed by atoms with Crippen LogP contribution in [0.15, 0.2) is 36.0 Å². The van der Waals surface area contributed by atoms with E-state index in [-0.39, 0.29) is 0 Å². The van der Waals surface area contributed by atoms with Gasteiger partial charge in [-0.2, -0.15) is 0 Å². The van der Waals surface area contributed by atoms with Crippen LogP contribution in [0.1, 0.15) is 13.8 Å². The Kier molecular flexibility index (Phi) is 5.70. The number of carbonyl (C=O) groups excluding carboxylic acids is 1. The lowest BCUT2D eigenvalue weighted by atomic mass is 10.1. The van der Waals surface area contributed by atoms with Gasteiger partial charge in [-0.3, -0.25) is 4.79 Å². The van der Waals surface area contributed by atoms with Gasteiger partial charge in [0.15, 0.2) is 0 Å². The van der Waals surface area contributed by atoms with Crippen LogP contribution < -0.4 is 0 Å². The lowest BCUT2D eigenvalue weighted by Crippen LogP contribution is -1.96. The minimum atomic E-state index is 0.311. The quantitative estimate of drug-likeness (QED) is 0.462. The summed E-state index contributed by atoms with van der Waals surface area (Å²) in [6, 6.07) is 0. The summed E-state index contributed by atoms with van der Waals surface area (Å²) in [6.07, 6.45) is 5.54. The Bertz CT molecular complexity index is 212. The van der Waals surface area contributed by atoms with Gasteiger partial charge in [-0.25, -0.2) is 0 Å². The highest BCUT2D eigenvalue weighted by Gasteiger charge is 1.95. The average molecular weight is 166 g/mol. The van der Waals surface area contributed by atoms with Crippen LogP contribution >= 0.6 is 0 Å². The SMILES string of the molecule is C=C/C(C)=C(\C=C/C)COC=O. The predicted octanol–water partition coefficient (Wildman–Crippen LogP) is 2.24. The number of hydrogen-bond acceptors (Lipinski definition) is 2. The number of ether oxygens (including phenoxy) is 1. The Labute approximate surface area is 73.2 Å². The van der Waals surface area contributed by atoms with Crippen molar-refractivity contribution in [3.8, 4) is 0 Å². The summed E-state index contributed by atoms with van der Waals surface area (Å²) in [4.78, 5) is 9.93. The molecule has 0 radical (unpaired) electrons. The van der Waals surface area contributed by atoms with E-state index in [4.69, 9.17) is 0 Å². The van der Waals surface area contributed by atoms with Crippen molar-refractivity contribution >= 4 is 6.47 Å². The highest BCUT2D eigenvalue weighted by Crippen LogP contribution is 2.06. The molecule has 0 fully saturated rings. The predicted molar refractivity (Wildman–Crippen MR) is 49.7 cm³/mol. The summed E-state index contributed by atoms with van der Waals surface area (Å²) in [5, 5.41) is 0. The summed E-state index contributed by atoms with van der Waals surface area (Å²) < 4.78 is 4.63. The standard InChI is InChI=1S/C10H14O2/c1-4-6-10(7-12-8-11)9(3)5-2/h4-6,8H,2,7H2,1,3H3/b6-4-,10-9+. The first-order valence-corrected chi connectivity index (χ1v) is 3.76. The van der Waals surface area contributed by atoms with E-state index in [2.05, 4.69) is 11.3 Å². The fraction of sp³-hybridized carbons (Fsp3) is 0.300. The second-order valence-corrected chi connectivity index (χ2v) is 2.32. The molecule has 0 aliphatic rings. The van der Waals surface area contributed by atoms with Gasteiger partial charge in [0.25, 0.3) is 6.47 Å². The van der Waals surface area contributed by atoms with Crippen molar-refractivity contribution in [2.45, 2.75) is 13.8 Å². The third-order valence-corrected chi connectivity index (χ3v) is 1.49. The summed E-state index contributed by atoms with van der Waals surface area (Å²) in [6.45, 7) is 8.23. The highest BCUT2D eigenvalue weighted by atomic mass is 16.5. The molecule has 0 amide bonds. The van der Waals surface area contributed by atoms with Crippen LogP contribution in [-0.4, -0.2) is 13.1 Å². The van der Waals surface area contributed by atoms with Gasteiger partial charge in [0, 0.05) is 0 Å². The third-order valence-electron chi connectivity index (χ3n) is 1.49. The molecule has 0 aliphatic heterocycles. The summed E-state index contributed by atoms with van der Waals surface area (Å²) in [5.74, 6) is 0. The topological polar surface area (TPSA) is 26.3 Å². The van der Waals surface area contributed by atoms with Gasteiger partial charge in [0.1, 0.15) is 6.61 Å². The zero-order valence-electron chi connectivity index (χ0n) is 7.54. The Balaban J connectivity index is 4.41. The molecule has 0 spiro atoms. The lowest BCUT2D eigenvalue weighted by molar-refractivity contribution is -0.127. The summed E-state index contributed by atoms with van der Waals surface area (Å²) in [5.41, 5.74) is 1.99. The van der Waals surface area contributed by atoms with Crippen LogP contribution in [0.2, 0.25) is 0 Å². The zero-order chi connectivity index (χ0) is 9.40. The number of carbonyl (C=O) groups is 1. The molecule has 0 heterocycles. The largest absolute Gasteiger partial charge is 0.463 e. The van der Waals surface area contributed by atoms with E-state index >= 15 is 0 Å². The van der Waals surface area contributed by atoms with Crippen molar-refractivity contribution < 1.29 is 9.53 Å². The van der Waals surface area contributed by atoms with E-state index in [0.29, 0.717) is 13.1 Å². The van der Waals surface area contributed by atoms with Crippen molar-refractivity contribution in [3.63, 3.8) is 0 Å². The van der Waals surface area contributed by atoms with Gasteiger partial charge >= 0.3 is 0 Å². The molecule has 0 bridgehead atoms. The van der Waals surface area contributed by atoms with Crippen LogP contribution in [-0.2, 0) is 9.53 Å². The fourth-order valence-corrected chi connectivity index (χ4v) is 0.749.